The SMILES string of the molecule is CCc1cc(C(=O)NC(C)(C)CC)cc(N)n1. The first-order chi connectivity index (χ1) is 7.88. The van der Waals surface area contributed by atoms with Crippen molar-refractivity contribution in [2.75, 3.05) is 5.73 Å². The van der Waals surface area contributed by atoms with Crippen LogP contribution in [0.25, 0.3) is 0 Å². The van der Waals surface area contributed by atoms with Gasteiger partial charge in [-0.2, -0.15) is 0 Å². The second-order valence-corrected chi connectivity index (χ2v) is 4.82. The molecule has 0 radical (unpaired) electrons. The molecule has 1 heterocycles. The molecule has 1 rings (SSSR count). The van der Waals surface area contributed by atoms with Crippen LogP contribution in [0.4, 0.5) is 5.82 Å². The maximum absolute atomic E-state index is 12.0. The number of nitrogens with two attached hydrogens (primary N) is 1. The average molecular weight is 235 g/mol. The molecule has 0 aliphatic rings. The number of nitrogen functional groups attached to an aromatic ring is 1. The summed E-state index contributed by atoms with van der Waals surface area (Å²) in [6.45, 7) is 8.02. The zero-order valence-electron chi connectivity index (χ0n) is 11.0. The van der Waals surface area contributed by atoms with Crippen LogP contribution >= 0.6 is 0 Å². The fourth-order valence-electron chi connectivity index (χ4n) is 1.39. The van der Waals surface area contributed by atoms with E-state index in [1.165, 1.54) is 0 Å². The first-order valence-electron chi connectivity index (χ1n) is 5.97. The van der Waals surface area contributed by atoms with Crippen LogP contribution in [0.5, 0.6) is 0 Å². The Kier molecular flexibility index (Phi) is 4.10. The highest BCUT2D eigenvalue weighted by atomic mass is 16.1. The summed E-state index contributed by atoms with van der Waals surface area (Å²) in [6.07, 6.45) is 1.64. The second kappa shape index (κ2) is 5.17. The number of nitrogens with zero attached hydrogens (tertiary/aromatic N) is 1. The van der Waals surface area contributed by atoms with E-state index in [0.717, 1.165) is 18.5 Å². The van der Waals surface area contributed by atoms with Crippen LogP contribution in [0, 0.1) is 0 Å². The summed E-state index contributed by atoms with van der Waals surface area (Å²) in [7, 11) is 0. The number of hydrogen-bond donors (Lipinski definition) is 2. The third-order valence-electron chi connectivity index (χ3n) is 2.86. The van der Waals surface area contributed by atoms with Gasteiger partial charge in [0.2, 0.25) is 0 Å². The van der Waals surface area contributed by atoms with E-state index in [4.69, 9.17) is 5.73 Å². The molecule has 94 valence electrons. The molecule has 0 fully saturated rings. The van der Waals surface area contributed by atoms with Crippen molar-refractivity contribution in [2.24, 2.45) is 0 Å². The van der Waals surface area contributed by atoms with Crippen LogP contribution in [0.3, 0.4) is 0 Å². The number of aryl methyl sites for hydroxylation is 1. The minimum Gasteiger partial charge on any atom is -0.384 e. The van der Waals surface area contributed by atoms with Crippen molar-refractivity contribution in [3.63, 3.8) is 0 Å². The minimum atomic E-state index is -0.207. The highest BCUT2D eigenvalue weighted by molar-refractivity contribution is 5.95. The van der Waals surface area contributed by atoms with Crippen molar-refractivity contribution in [2.45, 2.75) is 46.1 Å². The molecule has 0 atom stereocenters. The van der Waals surface area contributed by atoms with Gasteiger partial charge >= 0.3 is 0 Å². The Bertz CT molecular complexity index is 413. The summed E-state index contributed by atoms with van der Waals surface area (Å²) in [5.74, 6) is 0.296. The quantitative estimate of drug-likeness (QED) is 0.840. The van der Waals surface area contributed by atoms with E-state index < -0.39 is 0 Å². The van der Waals surface area contributed by atoms with Gasteiger partial charge in [-0.05, 0) is 38.8 Å². The lowest BCUT2D eigenvalue weighted by Crippen LogP contribution is -2.42. The largest absolute Gasteiger partial charge is 0.384 e. The van der Waals surface area contributed by atoms with E-state index in [0.29, 0.717) is 11.4 Å². The predicted octanol–water partition coefficient (Wildman–Crippen LogP) is 2.14. The molecule has 0 aromatic carbocycles. The number of carbonyl (C=O) groups excluding carboxylic acids is 1. The fraction of sp³-hybridized carbons (Fsp3) is 0.538. The minimum absolute atomic E-state index is 0.0966. The molecule has 0 spiro atoms. The summed E-state index contributed by atoms with van der Waals surface area (Å²) in [4.78, 5) is 16.2. The van der Waals surface area contributed by atoms with Crippen molar-refractivity contribution < 1.29 is 4.79 Å². The predicted molar refractivity (Wildman–Crippen MR) is 69.9 cm³/mol. The first kappa shape index (κ1) is 13.5. The Morgan fingerprint density at radius 2 is 2.06 bits per heavy atom. The first-order valence-corrected chi connectivity index (χ1v) is 5.97. The van der Waals surface area contributed by atoms with Crippen LogP contribution in [0.1, 0.15) is 50.2 Å². The number of anilines is 1. The van der Waals surface area contributed by atoms with Crippen LogP contribution < -0.4 is 11.1 Å². The summed E-state index contributed by atoms with van der Waals surface area (Å²) in [5.41, 5.74) is 6.89. The normalized spacial score (nSPS) is 11.3. The highest BCUT2D eigenvalue weighted by Gasteiger charge is 2.19. The molecule has 0 saturated carbocycles. The van der Waals surface area contributed by atoms with Crippen LogP contribution in [-0.4, -0.2) is 16.4 Å². The maximum Gasteiger partial charge on any atom is 0.251 e. The third kappa shape index (κ3) is 3.73. The Morgan fingerprint density at radius 1 is 1.41 bits per heavy atom. The number of hydrogen-bond acceptors (Lipinski definition) is 3. The molecule has 1 amide bonds. The van der Waals surface area contributed by atoms with Crippen LogP contribution in [-0.2, 0) is 6.42 Å². The molecule has 0 unspecified atom stereocenters. The van der Waals surface area contributed by atoms with E-state index in [1.54, 1.807) is 12.1 Å². The lowest BCUT2D eigenvalue weighted by molar-refractivity contribution is 0.0911. The Labute approximate surface area is 103 Å². The highest BCUT2D eigenvalue weighted by Crippen LogP contribution is 2.12. The second-order valence-electron chi connectivity index (χ2n) is 4.82. The zero-order chi connectivity index (χ0) is 13.1. The lowest BCUT2D eigenvalue weighted by atomic mass is 10.0. The summed E-state index contributed by atoms with van der Waals surface area (Å²) in [6, 6.07) is 3.40. The molecule has 4 nitrogen and oxygen atoms in total. The van der Waals surface area contributed by atoms with E-state index >= 15 is 0 Å². The van der Waals surface area contributed by atoms with Crippen molar-refractivity contribution in [3.05, 3.63) is 23.4 Å². The number of amides is 1. The van der Waals surface area contributed by atoms with Gasteiger partial charge in [0.25, 0.3) is 5.91 Å². The van der Waals surface area contributed by atoms with Gasteiger partial charge in [0.15, 0.2) is 0 Å². The Balaban J connectivity index is 2.93. The van der Waals surface area contributed by atoms with Crippen molar-refractivity contribution in [3.8, 4) is 0 Å². The maximum atomic E-state index is 12.0. The number of carbonyl (C=O) groups is 1. The van der Waals surface area contributed by atoms with Crippen molar-refractivity contribution in [1.82, 2.24) is 10.3 Å². The van der Waals surface area contributed by atoms with Gasteiger partial charge in [-0.1, -0.05) is 13.8 Å². The molecule has 1 aromatic rings. The van der Waals surface area contributed by atoms with E-state index in [1.807, 2.05) is 27.7 Å². The third-order valence-corrected chi connectivity index (χ3v) is 2.86. The van der Waals surface area contributed by atoms with Crippen LogP contribution in [0.15, 0.2) is 12.1 Å². The number of rotatable bonds is 4. The molecule has 0 bridgehead atoms. The lowest BCUT2D eigenvalue weighted by Gasteiger charge is -2.24. The van der Waals surface area contributed by atoms with Crippen molar-refractivity contribution >= 4 is 11.7 Å². The topological polar surface area (TPSA) is 68.0 Å². The fourth-order valence-corrected chi connectivity index (χ4v) is 1.39. The molecular formula is C13H21N3O. The monoisotopic (exact) mass is 235 g/mol. The number of nitrogens with one attached hydrogen (secondary N) is 1. The Hall–Kier alpha value is -1.58. The van der Waals surface area contributed by atoms with Gasteiger partial charge in [0, 0.05) is 16.8 Å². The molecular weight excluding hydrogens is 214 g/mol. The smallest absolute Gasteiger partial charge is 0.251 e. The van der Waals surface area contributed by atoms with Gasteiger partial charge in [-0.3, -0.25) is 4.79 Å². The molecule has 1 aromatic heterocycles. The number of pyridine rings is 1. The molecule has 17 heavy (non-hydrogen) atoms. The van der Waals surface area contributed by atoms with E-state index in [9.17, 15) is 4.79 Å². The Morgan fingerprint density at radius 3 is 2.59 bits per heavy atom. The van der Waals surface area contributed by atoms with E-state index in [-0.39, 0.29) is 11.4 Å². The van der Waals surface area contributed by atoms with E-state index in [2.05, 4.69) is 10.3 Å². The average Bonchev–Trinajstić information content (AvgIpc) is 2.27. The standard InChI is InChI=1S/C13H21N3O/c1-5-10-7-9(8-11(14)15-10)12(17)16-13(3,4)6-2/h7-8H,5-6H2,1-4H3,(H2,14,15)(H,16,17). The van der Waals surface area contributed by atoms with Gasteiger partial charge in [0.1, 0.15) is 5.82 Å². The molecule has 4 heteroatoms. The van der Waals surface area contributed by atoms with Crippen LogP contribution in [0.2, 0.25) is 0 Å². The van der Waals surface area contributed by atoms with Gasteiger partial charge in [0.05, 0.1) is 0 Å². The summed E-state index contributed by atoms with van der Waals surface area (Å²) >= 11 is 0. The van der Waals surface area contributed by atoms with Gasteiger partial charge in [-0.25, -0.2) is 4.98 Å². The summed E-state index contributed by atoms with van der Waals surface area (Å²) < 4.78 is 0. The summed E-state index contributed by atoms with van der Waals surface area (Å²) in [5, 5.41) is 2.98. The molecule has 0 saturated heterocycles. The number of aromatic nitrogens is 1. The molecule has 0 aliphatic carbocycles. The van der Waals surface area contributed by atoms with Gasteiger partial charge in [-0.15, -0.1) is 0 Å². The van der Waals surface area contributed by atoms with Gasteiger partial charge < -0.3 is 11.1 Å². The van der Waals surface area contributed by atoms with Crippen molar-refractivity contribution in [1.29, 1.82) is 0 Å². The zero-order valence-corrected chi connectivity index (χ0v) is 11.0. The molecule has 0 aliphatic heterocycles. The molecule has 3 N–H and O–H groups in total.